The number of amides is 2. The molecule has 21 heavy (non-hydrogen) atoms. The second kappa shape index (κ2) is 6.72. The highest BCUT2D eigenvalue weighted by Gasteiger charge is 2.27. The number of benzene rings is 1. The summed E-state index contributed by atoms with van der Waals surface area (Å²) in [5.74, 6) is -0.188. The van der Waals surface area contributed by atoms with Crippen molar-refractivity contribution < 1.29 is 14.7 Å². The molecule has 1 aliphatic heterocycles. The fourth-order valence-corrected chi connectivity index (χ4v) is 2.35. The molecule has 1 aromatic carbocycles. The van der Waals surface area contributed by atoms with Gasteiger partial charge in [-0.2, -0.15) is 0 Å². The van der Waals surface area contributed by atoms with Gasteiger partial charge in [0.15, 0.2) is 0 Å². The molecular weight excluding hydrogens is 268 g/mol. The molecule has 2 unspecified atom stereocenters. The van der Waals surface area contributed by atoms with Gasteiger partial charge in [0.2, 0.25) is 5.91 Å². The van der Waals surface area contributed by atoms with Crippen molar-refractivity contribution >= 4 is 11.8 Å². The molecule has 5 nitrogen and oxygen atoms in total. The Morgan fingerprint density at radius 2 is 2.00 bits per heavy atom. The van der Waals surface area contributed by atoms with E-state index in [2.05, 4.69) is 5.32 Å². The van der Waals surface area contributed by atoms with Crippen molar-refractivity contribution in [3.8, 4) is 0 Å². The standard InChI is InChI=1S/C16H22N2O3/c1-11-3-5-13(6-4-11)16(21)17-9-15(20)18-8-7-12(2)14(19)10-18/h3-6,12,14,19H,7-10H2,1-2H3,(H,17,21). The molecule has 0 aliphatic carbocycles. The normalized spacial score (nSPS) is 22.0. The molecule has 2 amide bonds. The minimum absolute atomic E-state index is 0.0339. The molecule has 0 radical (unpaired) electrons. The number of nitrogens with zero attached hydrogens (tertiary/aromatic N) is 1. The smallest absolute Gasteiger partial charge is 0.251 e. The van der Waals surface area contributed by atoms with Crippen LogP contribution in [0.3, 0.4) is 0 Å². The lowest BCUT2D eigenvalue weighted by molar-refractivity contribution is -0.134. The van der Waals surface area contributed by atoms with Crippen LogP contribution in [0.4, 0.5) is 0 Å². The van der Waals surface area contributed by atoms with Crippen LogP contribution in [-0.2, 0) is 4.79 Å². The topological polar surface area (TPSA) is 69.6 Å². The molecule has 0 bridgehead atoms. The molecule has 1 saturated heterocycles. The summed E-state index contributed by atoms with van der Waals surface area (Å²) >= 11 is 0. The van der Waals surface area contributed by atoms with Crippen LogP contribution < -0.4 is 5.32 Å². The number of aliphatic hydroxyl groups is 1. The van der Waals surface area contributed by atoms with Gasteiger partial charge in [0, 0.05) is 18.7 Å². The van der Waals surface area contributed by atoms with Crippen molar-refractivity contribution in [3.05, 3.63) is 35.4 Å². The van der Waals surface area contributed by atoms with Gasteiger partial charge in [0.25, 0.3) is 5.91 Å². The van der Waals surface area contributed by atoms with E-state index in [9.17, 15) is 14.7 Å². The predicted molar refractivity (Wildman–Crippen MR) is 79.9 cm³/mol. The first-order valence-corrected chi connectivity index (χ1v) is 7.28. The number of piperidine rings is 1. The van der Waals surface area contributed by atoms with Gasteiger partial charge >= 0.3 is 0 Å². The van der Waals surface area contributed by atoms with E-state index in [1.54, 1.807) is 17.0 Å². The summed E-state index contributed by atoms with van der Waals surface area (Å²) in [7, 11) is 0. The second-order valence-corrected chi connectivity index (χ2v) is 5.72. The highest BCUT2D eigenvalue weighted by atomic mass is 16.3. The third-order valence-corrected chi connectivity index (χ3v) is 3.99. The van der Waals surface area contributed by atoms with E-state index in [0.29, 0.717) is 18.7 Å². The van der Waals surface area contributed by atoms with E-state index in [0.717, 1.165) is 12.0 Å². The van der Waals surface area contributed by atoms with Crippen LogP contribution in [-0.4, -0.2) is 47.6 Å². The number of aliphatic hydroxyl groups excluding tert-OH is 1. The van der Waals surface area contributed by atoms with Crippen LogP contribution in [0, 0.1) is 12.8 Å². The first-order chi connectivity index (χ1) is 9.97. The SMILES string of the molecule is Cc1ccc(C(=O)NCC(=O)N2CCC(C)C(O)C2)cc1. The zero-order valence-electron chi connectivity index (χ0n) is 12.5. The van der Waals surface area contributed by atoms with Gasteiger partial charge in [0.1, 0.15) is 0 Å². The summed E-state index contributed by atoms with van der Waals surface area (Å²) in [5, 5.41) is 12.4. The van der Waals surface area contributed by atoms with E-state index in [4.69, 9.17) is 0 Å². The summed E-state index contributed by atoms with van der Waals surface area (Å²) < 4.78 is 0. The van der Waals surface area contributed by atoms with E-state index in [1.165, 1.54) is 0 Å². The number of aryl methyl sites for hydroxylation is 1. The quantitative estimate of drug-likeness (QED) is 0.871. The lowest BCUT2D eigenvalue weighted by atomic mass is 9.96. The zero-order valence-corrected chi connectivity index (χ0v) is 12.5. The molecule has 114 valence electrons. The predicted octanol–water partition coefficient (Wildman–Crippen LogP) is 0.954. The van der Waals surface area contributed by atoms with Gasteiger partial charge in [-0.1, -0.05) is 24.6 Å². The van der Waals surface area contributed by atoms with Gasteiger partial charge in [-0.3, -0.25) is 9.59 Å². The van der Waals surface area contributed by atoms with Crippen LogP contribution >= 0.6 is 0 Å². The number of carbonyl (C=O) groups excluding carboxylic acids is 2. The number of likely N-dealkylation sites (tertiary alicyclic amines) is 1. The summed E-state index contributed by atoms with van der Waals surface area (Å²) in [5.41, 5.74) is 1.62. The van der Waals surface area contributed by atoms with Gasteiger partial charge in [-0.15, -0.1) is 0 Å². The molecule has 0 aromatic heterocycles. The number of hydrogen-bond donors (Lipinski definition) is 2. The minimum Gasteiger partial charge on any atom is -0.391 e. The maximum Gasteiger partial charge on any atom is 0.251 e. The minimum atomic E-state index is -0.476. The fraction of sp³-hybridized carbons (Fsp3) is 0.500. The van der Waals surface area contributed by atoms with Crippen molar-refractivity contribution in [1.29, 1.82) is 0 Å². The summed E-state index contributed by atoms with van der Waals surface area (Å²) in [6, 6.07) is 7.20. The average molecular weight is 290 g/mol. The number of hydrogen-bond acceptors (Lipinski definition) is 3. The lowest BCUT2D eigenvalue weighted by Gasteiger charge is -2.34. The lowest BCUT2D eigenvalue weighted by Crippen LogP contribution is -2.49. The Hall–Kier alpha value is -1.88. The third kappa shape index (κ3) is 4.04. The van der Waals surface area contributed by atoms with Crippen LogP contribution in [0.15, 0.2) is 24.3 Å². The van der Waals surface area contributed by atoms with Crippen LogP contribution in [0.2, 0.25) is 0 Å². The number of nitrogens with one attached hydrogen (secondary N) is 1. The van der Waals surface area contributed by atoms with Crippen LogP contribution in [0.5, 0.6) is 0 Å². The average Bonchev–Trinajstić information content (AvgIpc) is 2.48. The van der Waals surface area contributed by atoms with E-state index in [-0.39, 0.29) is 24.3 Å². The highest BCUT2D eigenvalue weighted by Crippen LogP contribution is 2.16. The van der Waals surface area contributed by atoms with Crippen molar-refractivity contribution in [1.82, 2.24) is 10.2 Å². The molecule has 2 rings (SSSR count). The fourth-order valence-electron chi connectivity index (χ4n) is 2.35. The van der Waals surface area contributed by atoms with Crippen molar-refractivity contribution in [2.75, 3.05) is 19.6 Å². The molecule has 5 heteroatoms. The molecular formula is C16H22N2O3. The van der Waals surface area contributed by atoms with Gasteiger partial charge in [0.05, 0.1) is 12.6 Å². The Morgan fingerprint density at radius 1 is 1.33 bits per heavy atom. The largest absolute Gasteiger partial charge is 0.391 e. The first kappa shape index (κ1) is 15.5. The van der Waals surface area contributed by atoms with E-state index in [1.807, 2.05) is 26.0 Å². The Balaban J connectivity index is 1.83. The number of rotatable bonds is 3. The number of carbonyl (C=O) groups is 2. The summed E-state index contributed by atoms with van der Waals surface area (Å²) in [6.07, 6.45) is 0.314. The second-order valence-electron chi connectivity index (χ2n) is 5.72. The molecule has 0 saturated carbocycles. The highest BCUT2D eigenvalue weighted by molar-refractivity contribution is 5.96. The van der Waals surface area contributed by atoms with E-state index >= 15 is 0 Å². The Labute approximate surface area is 125 Å². The summed E-state index contributed by atoms with van der Waals surface area (Å²) in [4.78, 5) is 25.6. The molecule has 1 aliphatic rings. The maximum atomic E-state index is 12.0. The first-order valence-electron chi connectivity index (χ1n) is 7.28. The molecule has 1 aromatic rings. The molecule has 0 spiro atoms. The molecule has 1 fully saturated rings. The molecule has 2 atom stereocenters. The van der Waals surface area contributed by atoms with Crippen molar-refractivity contribution in [2.45, 2.75) is 26.4 Å². The Morgan fingerprint density at radius 3 is 2.62 bits per heavy atom. The van der Waals surface area contributed by atoms with Crippen LogP contribution in [0.25, 0.3) is 0 Å². The zero-order chi connectivity index (χ0) is 15.4. The van der Waals surface area contributed by atoms with Gasteiger partial charge in [-0.05, 0) is 31.4 Å². The third-order valence-electron chi connectivity index (χ3n) is 3.99. The van der Waals surface area contributed by atoms with E-state index < -0.39 is 6.10 Å². The maximum absolute atomic E-state index is 12.0. The monoisotopic (exact) mass is 290 g/mol. The molecule has 2 N–H and O–H groups in total. The Kier molecular flexibility index (Phi) is 4.96. The number of β-amino-alcohol motifs (C(OH)–C–C–N with tert-alkyl or cyclic N) is 1. The van der Waals surface area contributed by atoms with Crippen molar-refractivity contribution in [3.63, 3.8) is 0 Å². The summed E-state index contributed by atoms with van der Waals surface area (Å²) in [6.45, 7) is 4.88. The Bertz CT molecular complexity index is 513. The van der Waals surface area contributed by atoms with Crippen LogP contribution in [0.1, 0.15) is 29.3 Å². The van der Waals surface area contributed by atoms with Crippen molar-refractivity contribution in [2.24, 2.45) is 5.92 Å². The van der Waals surface area contributed by atoms with Gasteiger partial charge < -0.3 is 15.3 Å². The molecule has 1 heterocycles. The van der Waals surface area contributed by atoms with Gasteiger partial charge in [-0.25, -0.2) is 0 Å².